The van der Waals surface area contributed by atoms with Gasteiger partial charge in [-0.1, -0.05) is 6.92 Å². The number of carboxylic acid groups (broad SMARTS) is 1. The number of carbonyl (C=O) groups is 1. The Kier molecular flexibility index (Phi) is 5.59. The summed E-state index contributed by atoms with van der Waals surface area (Å²) in [7, 11) is 0. The maximum absolute atomic E-state index is 10.8. The van der Waals surface area contributed by atoms with E-state index in [0.717, 1.165) is 38.5 Å². The van der Waals surface area contributed by atoms with E-state index < -0.39 is 5.97 Å². The lowest BCUT2D eigenvalue weighted by atomic mass is 10.2. The number of rotatable bonds is 6. The van der Waals surface area contributed by atoms with Gasteiger partial charge in [-0.15, -0.1) is 0 Å². The molecule has 1 atom stereocenters. The topological polar surface area (TPSA) is 53.0 Å². The van der Waals surface area contributed by atoms with E-state index in [4.69, 9.17) is 9.84 Å². The van der Waals surface area contributed by atoms with Crippen molar-refractivity contribution in [1.29, 1.82) is 0 Å². The maximum Gasteiger partial charge on any atom is 0.335 e. The second-order valence-electron chi connectivity index (χ2n) is 5.46. The monoisotopic (exact) mass is 292 g/mol. The Bertz CT molecular complexity index is 461. The SMILES string of the molecule is CCN1CCN(CCOc2ccc(C(=O)O)cc2)CC1C. The Morgan fingerprint density at radius 1 is 1.33 bits per heavy atom. The summed E-state index contributed by atoms with van der Waals surface area (Å²) < 4.78 is 5.68. The number of piperazine rings is 1. The first kappa shape index (κ1) is 15.8. The number of nitrogens with zero attached hydrogens (tertiary/aromatic N) is 2. The minimum Gasteiger partial charge on any atom is -0.492 e. The number of aromatic carboxylic acids is 1. The number of carboxylic acids is 1. The summed E-state index contributed by atoms with van der Waals surface area (Å²) >= 11 is 0. The Morgan fingerprint density at radius 2 is 2.05 bits per heavy atom. The summed E-state index contributed by atoms with van der Waals surface area (Å²) in [4.78, 5) is 15.7. The summed E-state index contributed by atoms with van der Waals surface area (Å²) in [6, 6.07) is 7.15. The van der Waals surface area contributed by atoms with Crippen LogP contribution in [-0.2, 0) is 0 Å². The summed E-state index contributed by atoms with van der Waals surface area (Å²) in [6.45, 7) is 10.4. The van der Waals surface area contributed by atoms with Crippen molar-refractivity contribution in [2.45, 2.75) is 19.9 Å². The lowest BCUT2D eigenvalue weighted by molar-refractivity contribution is 0.0697. The molecule has 1 aliphatic rings. The number of hydrogen-bond acceptors (Lipinski definition) is 4. The Hall–Kier alpha value is -1.59. The van der Waals surface area contributed by atoms with E-state index in [2.05, 4.69) is 23.6 Å². The predicted octanol–water partition coefficient (Wildman–Crippen LogP) is 1.79. The molecule has 5 heteroatoms. The van der Waals surface area contributed by atoms with Gasteiger partial charge < -0.3 is 9.84 Å². The molecule has 1 aliphatic heterocycles. The van der Waals surface area contributed by atoms with Gasteiger partial charge in [-0.2, -0.15) is 0 Å². The molecule has 1 saturated heterocycles. The molecule has 0 aromatic heterocycles. The summed E-state index contributed by atoms with van der Waals surface area (Å²) in [5.41, 5.74) is 0.284. The molecule has 1 unspecified atom stereocenters. The van der Waals surface area contributed by atoms with Crippen molar-refractivity contribution >= 4 is 5.97 Å². The molecule has 0 saturated carbocycles. The average Bonchev–Trinajstić information content (AvgIpc) is 2.48. The number of hydrogen-bond donors (Lipinski definition) is 1. The van der Waals surface area contributed by atoms with Gasteiger partial charge in [0.1, 0.15) is 12.4 Å². The van der Waals surface area contributed by atoms with Crippen molar-refractivity contribution in [3.05, 3.63) is 29.8 Å². The third-order valence-corrected chi connectivity index (χ3v) is 4.03. The number of likely N-dealkylation sites (N-methyl/N-ethyl adjacent to an activating group) is 1. The maximum atomic E-state index is 10.8. The first-order valence-electron chi connectivity index (χ1n) is 7.52. The van der Waals surface area contributed by atoms with Gasteiger partial charge in [0.15, 0.2) is 0 Å². The Morgan fingerprint density at radius 3 is 2.62 bits per heavy atom. The lowest BCUT2D eigenvalue weighted by Gasteiger charge is -2.39. The molecule has 1 aromatic carbocycles. The molecule has 1 aromatic rings. The molecule has 21 heavy (non-hydrogen) atoms. The molecular weight excluding hydrogens is 268 g/mol. The van der Waals surface area contributed by atoms with Gasteiger partial charge in [-0.05, 0) is 37.7 Å². The highest BCUT2D eigenvalue weighted by Gasteiger charge is 2.21. The van der Waals surface area contributed by atoms with Crippen LogP contribution in [0.1, 0.15) is 24.2 Å². The fourth-order valence-electron chi connectivity index (χ4n) is 2.73. The number of ether oxygens (including phenoxy) is 1. The standard InChI is InChI=1S/C16H24N2O3/c1-3-18-9-8-17(12-13(18)2)10-11-21-15-6-4-14(5-7-15)16(19)20/h4-7,13H,3,8-12H2,1-2H3,(H,19,20). The van der Waals surface area contributed by atoms with Gasteiger partial charge in [0.2, 0.25) is 0 Å². The molecule has 2 rings (SSSR count). The van der Waals surface area contributed by atoms with Crippen LogP contribution in [-0.4, -0.2) is 66.2 Å². The van der Waals surface area contributed by atoms with Crippen molar-refractivity contribution in [2.75, 3.05) is 39.3 Å². The Labute approximate surface area is 126 Å². The van der Waals surface area contributed by atoms with Crippen LogP contribution in [0.3, 0.4) is 0 Å². The summed E-state index contributed by atoms with van der Waals surface area (Å²) in [5.74, 6) is -0.190. The second-order valence-corrected chi connectivity index (χ2v) is 5.46. The quantitative estimate of drug-likeness (QED) is 0.866. The zero-order valence-electron chi connectivity index (χ0n) is 12.8. The molecule has 1 heterocycles. The van der Waals surface area contributed by atoms with Gasteiger partial charge in [0.05, 0.1) is 5.56 Å². The fourth-order valence-corrected chi connectivity index (χ4v) is 2.73. The highest BCUT2D eigenvalue weighted by Crippen LogP contribution is 2.13. The summed E-state index contributed by atoms with van der Waals surface area (Å²) in [5, 5.41) is 8.84. The average molecular weight is 292 g/mol. The molecule has 0 amide bonds. The van der Waals surface area contributed by atoms with Crippen molar-refractivity contribution in [1.82, 2.24) is 9.80 Å². The summed E-state index contributed by atoms with van der Waals surface area (Å²) in [6.07, 6.45) is 0. The van der Waals surface area contributed by atoms with Gasteiger partial charge >= 0.3 is 5.97 Å². The van der Waals surface area contributed by atoms with E-state index >= 15 is 0 Å². The van der Waals surface area contributed by atoms with Crippen LogP contribution in [0.15, 0.2) is 24.3 Å². The third kappa shape index (κ3) is 4.44. The smallest absolute Gasteiger partial charge is 0.335 e. The van der Waals surface area contributed by atoms with Crippen molar-refractivity contribution in [3.63, 3.8) is 0 Å². The van der Waals surface area contributed by atoms with Crippen LogP contribution in [0.2, 0.25) is 0 Å². The van der Waals surface area contributed by atoms with E-state index in [1.807, 2.05) is 0 Å². The minimum atomic E-state index is -0.913. The first-order chi connectivity index (χ1) is 10.1. The van der Waals surface area contributed by atoms with Crippen molar-refractivity contribution < 1.29 is 14.6 Å². The second kappa shape index (κ2) is 7.43. The zero-order chi connectivity index (χ0) is 15.2. The molecule has 1 N–H and O–H groups in total. The minimum absolute atomic E-state index is 0.284. The molecule has 0 spiro atoms. The van der Waals surface area contributed by atoms with Gasteiger partial charge in [-0.25, -0.2) is 4.79 Å². The van der Waals surface area contributed by atoms with Crippen LogP contribution < -0.4 is 4.74 Å². The molecule has 0 radical (unpaired) electrons. The van der Waals surface area contributed by atoms with Crippen molar-refractivity contribution in [3.8, 4) is 5.75 Å². The van der Waals surface area contributed by atoms with E-state index in [1.165, 1.54) is 0 Å². The molecule has 1 fully saturated rings. The lowest BCUT2D eigenvalue weighted by Crippen LogP contribution is -2.52. The van der Waals surface area contributed by atoms with Crippen molar-refractivity contribution in [2.24, 2.45) is 0 Å². The van der Waals surface area contributed by atoms with E-state index in [9.17, 15) is 4.79 Å². The highest BCUT2D eigenvalue weighted by molar-refractivity contribution is 5.87. The fraction of sp³-hybridized carbons (Fsp3) is 0.562. The number of benzene rings is 1. The largest absolute Gasteiger partial charge is 0.492 e. The highest BCUT2D eigenvalue weighted by atomic mass is 16.5. The van der Waals surface area contributed by atoms with Gasteiger partial charge in [0.25, 0.3) is 0 Å². The van der Waals surface area contributed by atoms with Gasteiger partial charge in [-0.3, -0.25) is 9.80 Å². The van der Waals surface area contributed by atoms with Crippen LogP contribution in [0.5, 0.6) is 5.75 Å². The van der Waals surface area contributed by atoms with E-state index in [1.54, 1.807) is 24.3 Å². The van der Waals surface area contributed by atoms with Crippen LogP contribution >= 0.6 is 0 Å². The van der Waals surface area contributed by atoms with Crippen LogP contribution in [0.4, 0.5) is 0 Å². The normalized spacial score (nSPS) is 20.4. The Balaban J connectivity index is 1.73. The zero-order valence-corrected chi connectivity index (χ0v) is 12.8. The molecule has 0 aliphatic carbocycles. The van der Waals surface area contributed by atoms with E-state index in [0.29, 0.717) is 12.6 Å². The van der Waals surface area contributed by atoms with Crippen LogP contribution in [0, 0.1) is 0 Å². The first-order valence-corrected chi connectivity index (χ1v) is 7.52. The molecule has 0 bridgehead atoms. The van der Waals surface area contributed by atoms with Gasteiger partial charge in [0, 0.05) is 32.2 Å². The van der Waals surface area contributed by atoms with E-state index in [-0.39, 0.29) is 5.56 Å². The molecule has 116 valence electrons. The predicted molar refractivity (Wildman–Crippen MR) is 82.0 cm³/mol. The third-order valence-electron chi connectivity index (χ3n) is 4.03. The van der Waals surface area contributed by atoms with Crippen LogP contribution in [0.25, 0.3) is 0 Å². The molecular formula is C16H24N2O3. The molecule has 5 nitrogen and oxygen atoms in total.